The summed E-state index contributed by atoms with van der Waals surface area (Å²) in [5.74, 6) is -1.06. The van der Waals surface area contributed by atoms with E-state index in [9.17, 15) is 14.4 Å². The largest absolute Gasteiger partial charge is 0.490 e. The van der Waals surface area contributed by atoms with E-state index in [0.717, 1.165) is 4.90 Å². The third kappa shape index (κ3) is 5.30. The van der Waals surface area contributed by atoms with E-state index in [4.69, 9.17) is 25.7 Å². The summed E-state index contributed by atoms with van der Waals surface area (Å²) in [6.45, 7) is 1.28. The average Bonchev–Trinajstić information content (AvgIpc) is 3.11. The Labute approximate surface area is 178 Å². The normalized spacial score (nSPS) is 15.3. The van der Waals surface area contributed by atoms with E-state index in [1.54, 1.807) is 48.5 Å². The number of rotatable bonds is 8. The van der Waals surface area contributed by atoms with Crippen molar-refractivity contribution in [2.24, 2.45) is 5.73 Å². The highest BCUT2D eigenvalue weighted by Crippen LogP contribution is 2.24. The van der Waals surface area contributed by atoms with Crippen LogP contribution in [0.4, 0.5) is 16.2 Å². The molecule has 3 rings (SSSR count). The smallest absolute Gasteiger partial charge is 0.414 e. The molecule has 0 aliphatic carbocycles. The highest BCUT2D eigenvalue weighted by Gasteiger charge is 2.32. The minimum Gasteiger partial charge on any atom is -0.490 e. The number of nitrogens with one attached hydrogen (secondary N) is 1. The lowest BCUT2D eigenvalue weighted by molar-refractivity contribution is -0.136. The first kappa shape index (κ1) is 21.6. The number of ether oxygens (including phenoxy) is 2. The Bertz CT molecular complexity index is 990. The van der Waals surface area contributed by atoms with E-state index in [-0.39, 0.29) is 18.3 Å². The van der Waals surface area contributed by atoms with Gasteiger partial charge in [-0.05, 0) is 48.5 Å². The summed E-state index contributed by atoms with van der Waals surface area (Å²) >= 11 is 0. The third-order valence-electron chi connectivity index (χ3n) is 4.62. The van der Waals surface area contributed by atoms with Gasteiger partial charge in [-0.25, -0.2) is 4.79 Å². The molecule has 1 aliphatic heterocycles. The molecule has 0 spiro atoms. The molecule has 1 atom stereocenters. The van der Waals surface area contributed by atoms with Crippen molar-refractivity contribution in [2.45, 2.75) is 13.0 Å². The van der Waals surface area contributed by atoms with Gasteiger partial charge in [-0.15, -0.1) is 0 Å². The number of hydrogen-bond acceptors (Lipinski definition) is 6. The predicted molar refractivity (Wildman–Crippen MR) is 113 cm³/mol. The lowest BCUT2D eigenvalue weighted by Crippen LogP contribution is -2.33. The second kappa shape index (κ2) is 9.16. The van der Waals surface area contributed by atoms with Crippen LogP contribution in [0.2, 0.25) is 0 Å². The quantitative estimate of drug-likeness (QED) is 0.431. The van der Waals surface area contributed by atoms with Crippen molar-refractivity contribution in [3.63, 3.8) is 0 Å². The van der Waals surface area contributed by atoms with Crippen molar-refractivity contribution >= 4 is 35.2 Å². The first-order chi connectivity index (χ1) is 14.7. The van der Waals surface area contributed by atoms with Crippen LogP contribution >= 0.6 is 0 Å². The summed E-state index contributed by atoms with van der Waals surface area (Å²) in [7, 11) is 0. The molecule has 0 bridgehead atoms. The van der Waals surface area contributed by atoms with Gasteiger partial charge in [-0.1, -0.05) is 0 Å². The van der Waals surface area contributed by atoms with Gasteiger partial charge < -0.3 is 25.2 Å². The maximum atomic E-state index is 12.2. The monoisotopic (exact) mass is 426 g/mol. The third-order valence-corrected chi connectivity index (χ3v) is 4.62. The Kier molecular flexibility index (Phi) is 6.39. The van der Waals surface area contributed by atoms with Crippen LogP contribution in [0.1, 0.15) is 12.5 Å². The van der Waals surface area contributed by atoms with Crippen LogP contribution in [0, 0.1) is 5.41 Å². The average molecular weight is 426 g/mol. The highest BCUT2D eigenvalue weighted by atomic mass is 16.6. The van der Waals surface area contributed by atoms with Crippen LogP contribution in [0.3, 0.4) is 0 Å². The van der Waals surface area contributed by atoms with Gasteiger partial charge in [0.25, 0.3) is 0 Å². The van der Waals surface area contributed by atoms with E-state index < -0.39 is 24.7 Å². The van der Waals surface area contributed by atoms with E-state index in [2.05, 4.69) is 0 Å². The number of hydrogen-bond donors (Lipinski definition) is 3. The van der Waals surface area contributed by atoms with Gasteiger partial charge in [0.1, 0.15) is 24.7 Å². The Morgan fingerprint density at radius 2 is 1.87 bits per heavy atom. The SMILES string of the molecule is CC(=O)N(CC(=O)O)c1ccc(OCC2CN(c3ccc(C(=N)N)cc3)C(=O)O2)cc1. The zero-order chi connectivity index (χ0) is 22.5. The molecule has 1 fully saturated rings. The van der Waals surface area contributed by atoms with Gasteiger partial charge in [0.15, 0.2) is 6.10 Å². The van der Waals surface area contributed by atoms with Crippen molar-refractivity contribution in [2.75, 3.05) is 29.5 Å². The molecule has 1 unspecified atom stereocenters. The Morgan fingerprint density at radius 1 is 1.23 bits per heavy atom. The number of benzene rings is 2. The van der Waals surface area contributed by atoms with E-state index in [1.165, 1.54) is 11.8 Å². The topological polar surface area (TPSA) is 146 Å². The number of amides is 2. The molecule has 0 saturated carbocycles. The first-order valence-corrected chi connectivity index (χ1v) is 9.40. The fourth-order valence-corrected chi connectivity index (χ4v) is 3.07. The zero-order valence-corrected chi connectivity index (χ0v) is 16.8. The molecule has 2 aromatic carbocycles. The number of carbonyl (C=O) groups excluding carboxylic acids is 2. The Hall–Kier alpha value is -4.08. The molecule has 162 valence electrons. The van der Waals surface area contributed by atoms with Crippen molar-refractivity contribution in [3.05, 3.63) is 54.1 Å². The van der Waals surface area contributed by atoms with Gasteiger partial charge >= 0.3 is 12.1 Å². The van der Waals surface area contributed by atoms with Crippen LogP contribution in [0.5, 0.6) is 5.75 Å². The molecule has 0 radical (unpaired) electrons. The second-order valence-electron chi connectivity index (χ2n) is 6.88. The van der Waals surface area contributed by atoms with Crippen molar-refractivity contribution in [3.8, 4) is 5.75 Å². The molecule has 0 aromatic heterocycles. The number of aliphatic carboxylic acids is 1. The summed E-state index contributed by atoms with van der Waals surface area (Å²) in [5, 5.41) is 16.4. The summed E-state index contributed by atoms with van der Waals surface area (Å²) in [6.07, 6.45) is -0.981. The highest BCUT2D eigenvalue weighted by molar-refractivity contribution is 5.96. The van der Waals surface area contributed by atoms with Gasteiger partial charge in [-0.2, -0.15) is 0 Å². The number of nitrogens with zero attached hydrogens (tertiary/aromatic N) is 2. The Morgan fingerprint density at radius 3 is 2.42 bits per heavy atom. The molecule has 10 heteroatoms. The number of anilines is 2. The number of nitrogens with two attached hydrogens (primary N) is 1. The van der Waals surface area contributed by atoms with E-state index in [0.29, 0.717) is 29.2 Å². The van der Waals surface area contributed by atoms with Crippen LogP contribution in [-0.4, -0.2) is 54.7 Å². The number of carboxylic acid groups (broad SMARTS) is 1. The number of cyclic esters (lactones) is 1. The van der Waals surface area contributed by atoms with Crippen LogP contribution < -0.4 is 20.3 Å². The molecule has 2 aromatic rings. The number of nitrogen functional groups attached to an aromatic ring is 1. The molecule has 4 N–H and O–H groups in total. The lowest BCUT2D eigenvalue weighted by Gasteiger charge is -2.19. The van der Waals surface area contributed by atoms with Crippen LogP contribution in [0.15, 0.2) is 48.5 Å². The summed E-state index contributed by atoms with van der Waals surface area (Å²) in [4.78, 5) is 37.4. The van der Waals surface area contributed by atoms with E-state index >= 15 is 0 Å². The molecular formula is C21H22N4O6. The van der Waals surface area contributed by atoms with Gasteiger partial charge in [0, 0.05) is 23.9 Å². The number of carbonyl (C=O) groups is 3. The molecule has 31 heavy (non-hydrogen) atoms. The van der Waals surface area contributed by atoms with Crippen molar-refractivity contribution in [1.29, 1.82) is 5.41 Å². The lowest BCUT2D eigenvalue weighted by atomic mass is 10.2. The van der Waals surface area contributed by atoms with E-state index in [1.807, 2.05) is 0 Å². The molecule has 10 nitrogen and oxygen atoms in total. The summed E-state index contributed by atoms with van der Waals surface area (Å²) < 4.78 is 11.0. The van der Waals surface area contributed by atoms with Gasteiger partial charge in [-0.3, -0.25) is 19.9 Å². The predicted octanol–water partition coefficient (Wildman–Crippen LogP) is 1.81. The molecule has 1 heterocycles. The number of carboxylic acids is 1. The fraction of sp³-hybridized carbons (Fsp3) is 0.238. The number of amidine groups is 1. The molecular weight excluding hydrogens is 404 g/mol. The maximum Gasteiger partial charge on any atom is 0.414 e. The van der Waals surface area contributed by atoms with Crippen LogP contribution in [-0.2, 0) is 14.3 Å². The molecule has 1 saturated heterocycles. The summed E-state index contributed by atoms with van der Waals surface area (Å²) in [6, 6.07) is 13.1. The maximum absolute atomic E-state index is 12.2. The van der Waals surface area contributed by atoms with Gasteiger partial charge in [0.2, 0.25) is 5.91 Å². The van der Waals surface area contributed by atoms with Crippen molar-refractivity contribution < 1.29 is 29.0 Å². The standard InChI is InChI=1S/C21H22N4O6/c1-13(26)24(11-19(27)28)15-6-8-17(9-7-15)30-12-18-10-25(21(29)31-18)16-4-2-14(3-5-16)20(22)23/h2-9,18H,10-12H2,1H3,(H3,22,23)(H,27,28). The first-order valence-electron chi connectivity index (χ1n) is 9.40. The summed E-state index contributed by atoms with van der Waals surface area (Å²) in [5.41, 5.74) is 7.07. The fourth-order valence-electron chi connectivity index (χ4n) is 3.07. The van der Waals surface area contributed by atoms with Gasteiger partial charge in [0.05, 0.1) is 6.54 Å². The minimum absolute atomic E-state index is 0.0535. The minimum atomic E-state index is -1.11. The molecule has 1 aliphatic rings. The molecule has 2 amide bonds. The Balaban J connectivity index is 1.58. The zero-order valence-electron chi connectivity index (χ0n) is 16.8. The van der Waals surface area contributed by atoms with Crippen LogP contribution in [0.25, 0.3) is 0 Å². The second-order valence-corrected chi connectivity index (χ2v) is 6.88. The van der Waals surface area contributed by atoms with Crippen molar-refractivity contribution in [1.82, 2.24) is 0 Å².